The van der Waals surface area contributed by atoms with Gasteiger partial charge in [-0.1, -0.05) is 6.92 Å². The molecular formula is C18H22F3N5O2. The van der Waals surface area contributed by atoms with E-state index < -0.39 is 23.6 Å². The van der Waals surface area contributed by atoms with Crippen molar-refractivity contribution in [1.29, 1.82) is 0 Å². The van der Waals surface area contributed by atoms with Crippen molar-refractivity contribution in [2.24, 2.45) is 0 Å². The zero-order chi connectivity index (χ0) is 20.5. The second-order valence-corrected chi connectivity index (χ2v) is 6.88. The summed E-state index contributed by atoms with van der Waals surface area (Å²) in [5, 5.41) is 31.1. The van der Waals surface area contributed by atoms with Gasteiger partial charge in [0.2, 0.25) is 5.95 Å². The van der Waals surface area contributed by atoms with Crippen molar-refractivity contribution in [2.45, 2.75) is 38.6 Å². The number of hydrogen-bond acceptors (Lipinski definition) is 7. The Morgan fingerprint density at radius 3 is 2.61 bits per heavy atom. The van der Waals surface area contributed by atoms with Gasteiger partial charge in [-0.3, -0.25) is 4.90 Å². The van der Waals surface area contributed by atoms with Crippen LogP contribution < -0.4 is 5.32 Å². The molecule has 2 atom stereocenters. The first-order chi connectivity index (χ1) is 13.2. The topological polar surface area (TPSA) is 94.4 Å². The van der Waals surface area contributed by atoms with Crippen molar-refractivity contribution in [2.75, 3.05) is 25.0 Å². The number of alkyl halides is 3. The molecule has 2 heterocycles. The average molecular weight is 397 g/mol. The highest BCUT2D eigenvalue weighted by molar-refractivity contribution is 5.69. The van der Waals surface area contributed by atoms with Crippen LogP contribution in [0.3, 0.4) is 0 Å². The number of nitrogens with one attached hydrogen (secondary N) is 1. The van der Waals surface area contributed by atoms with Gasteiger partial charge in [0.05, 0.1) is 17.4 Å². The van der Waals surface area contributed by atoms with Gasteiger partial charge in [0, 0.05) is 24.7 Å². The predicted octanol–water partition coefficient (Wildman–Crippen LogP) is 2.44. The number of phenols is 1. The first-order valence-electron chi connectivity index (χ1n) is 8.96. The maximum atomic E-state index is 12.8. The van der Waals surface area contributed by atoms with E-state index in [9.17, 15) is 23.4 Å². The molecule has 2 aromatic rings. The zero-order valence-electron chi connectivity index (χ0n) is 15.5. The number of aliphatic hydroxyl groups excluding tert-OH is 1. The van der Waals surface area contributed by atoms with E-state index >= 15 is 0 Å². The Bertz CT molecular complexity index is 846. The van der Waals surface area contributed by atoms with Crippen LogP contribution in [0.25, 0.3) is 11.3 Å². The molecule has 10 heteroatoms. The normalized spacial score (nSPS) is 20.9. The van der Waals surface area contributed by atoms with Crippen LogP contribution in [-0.2, 0) is 6.18 Å². The molecule has 1 aromatic heterocycles. The molecule has 0 amide bonds. The summed E-state index contributed by atoms with van der Waals surface area (Å²) in [6.45, 7) is 5.83. The molecule has 7 nitrogen and oxygen atoms in total. The molecule has 1 saturated heterocycles. The summed E-state index contributed by atoms with van der Waals surface area (Å²) in [5.74, 6) is -0.272. The molecule has 0 spiro atoms. The van der Waals surface area contributed by atoms with Gasteiger partial charge in [0.25, 0.3) is 0 Å². The Balaban J connectivity index is 1.79. The molecule has 0 radical (unpaired) electrons. The highest BCUT2D eigenvalue weighted by Gasteiger charge is 2.31. The monoisotopic (exact) mass is 397 g/mol. The van der Waals surface area contributed by atoms with Crippen LogP contribution in [0, 0.1) is 6.92 Å². The van der Waals surface area contributed by atoms with Crippen LogP contribution >= 0.6 is 0 Å². The molecule has 0 unspecified atom stereocenters. The van der Waals surface area contributed by atoms with Crippen LogP contribution in [0.4, 0.5) is 19.1 Å². The molecule has 0 bridgehead atoms. The van der Waals surface area contributed by atoms with Gasteiger partial charge in [0.15, 0.2) is 0 Å². The Hall–Kier alpha value is -2.46. The number of nitrogens with zero attached hydrogens (tertiary/aromatic N) is 4. The minimum Gasteiger partial charge on any atom is -0.507 e. The number of hydrogen-bond donors (Lipinski definition) is 3. The van der Waals surface area contributed by atoms with E-state index in [1.165, 1.54) is 0 Å². The number of aromatic hydroxyl groups is 1. The van der Waals surface area contributed by atoms with Crippen molar-refractivity contribution in [1.82, 2.24) is 20.1 Å². The van der Waals surface area contributed by atoms with Gasteiger partial charge in [-0.05, 0) is 38.1 Å². The Kier molecular flexibility index (Phi) is 5.71. The maximum absolute atomic E-state index is 12.8. The first kappa shape index (κ1) is 20.3. The van der Waals surface area contributed by atoms with Crippen LogP contribution in [0.5, 0.6) is 5.75 Å². The van der Waals surface area contributed by atoms with Crippen LogP contribution in [0.2, 0.25) is 0 Å². The lowest BCUT2D eigenvalue weighted by Crippen LogP contribution is -2.48. The lowest BCUT2D eigenvalue weighted by molar-refractivity contribution is -0.137. The van der Waals surface area contributed by atoms with Gasteiger partial charge in [0.1, 0.15) is 11.4 Å². The predicted molar refractivity (Wildman–Crippen MR) is 96.8 cm³/mol. The van der Waals surface area contributed by atoms with Crippen LogP contribution in [0.15, 0.2) is 18.2 Å². The second-order valence-electron chi connectivity index (χ2n) is 6.88. The van der Waals surface area contributed by atoms with Crippen molar-refractivity contribution in [3.05, 3.63) is 29.5 Å². The van der Waals surface area contributed by atoms with Crippen LogP contribution in [0.1, 0.15) is 24.6 Å². The number of phenolic OH excluding ortho intramolecular Hbond substituents is 1. The Morgan fingerprint density at radius 1 is 1.25 bits per heavy atom. The van der Waals surface area contributed by atoms with Crippen LogP contribution in [-0.4, -0.2) is 62.1 Å². The minimum absolute atomic E-state index is 0.0461. The Morgan fingerprint density at radius 2 is 2.00 bits per heavy atom. The summed E-state index contributed by atoms with van der Waals surface area (Å²) < 4.78 is 38.3. The standard InChI is InChI=1S/C18H22F3N5O2/c1-3-26-8-12(7-13(27)9-26)23-17-22-10(2)16(24-25-17)14-5-4-11(6-15(14)28)18(19,20)21/h4-6,12-13,27-28H,3,7-9H2,1-2H3,(H,22,23,25)/t12-,13+/m1/s1. The molecule has 1 aliphatic rings. The lowest BCUT2D eigenvalue weighted by Gasteiger charge is -2.35. The molecule has 1 aromatic carbocycles. The molecule has 1 aliphatic heterocycles. The smallest absolute Gasteiger partial charge is 0.416 e. The van der Waals surface area contributed by atoms with Gasteiger partial charge in [-0.2, -0.15) is 13.2 Å². The summed E-state index contributed by atoms with van der Waals surface area (Å²) >= 11 is 0. The molecular weight excluding hydrogens is 375 g/mol. The minimum atomic E-state index is -4.54. The number of likely N-dealkylation sites (tertiary alicyclic amines) is 1. The number of benzene rings is 1. The number of likely N-dealkylation sites (N-methyl/N-ethyl adjacent to an activating group) is 1. The summed E-state index contributed by atoms with van der Waals surface area (Å²) in [6.07, 6.45) is -4.43. The van der Waals surface area contributed by atoms with Gasteiger partial charge >= 0.3 is 6.18 Å². The molecule has 3 N–H and O–H groups in total. The van der Waals surface area contributed by atoms with Crippen molar-refractivity contribution >= 4 is 5.95 Å². The van der Waals surface area contributed by atoms with E-state index in [4.69, 9.17) is 0 Å². The maximum Gasteiger partial charge on any atom is 0.416 e. The van der Waals surface area contributed by atoms with Crippen molar-refractivity contribution in [3.63, 3.8) is 0 Å². The number of anilines is 1. The third-order valence-electron chi connectivity index (χ3n) is 4.73. The number of halogens is 3. The third-order valence-corrected chi connectivity index (χ3v) is 4.73. The number of rotatable bonds is 4. The summed E-state index contributed by atoms with van der Waals surface area (Å²) in [6, 6.07) is 2.65. The number of aromatic nitrogens is 3. The summed E-state index contributed by atoms with van der Waals surface area (Å²) in [5.41, 5.74) is -0.198. The van der Waals surface area contributed by atoms with E-state index in [-0.39, 0.29) is 23.2 Å². The average Bonchev–Trinajstić information content (AvgIpc) is 2.61. The lowest BCUT2D eigenvalue weighted by atomic mass is 10.0. The first-order valence-corrected chi connectivity index (χ1v) is 8.96. The van der Waals surface area contributed by atoms with E-state index in [1.807, 2.05) is 6.92 Å². The highest BCUT2D eigenvalue weighted by atomic mass is 19.4. The van der Waals surface area contributed by atoms with Crippen molar-refractivity contribution in [3.8, 4) is 17.0 Å². The molecule has 1 fully saturated rings. The fourth-order valence-corrected chi connectivity index (χ4v) is 3.33. The van der Waals surface area contributed by atoms with Gasteiger partial charge in [-0.15, -0.1) is 10.2 Å². The van der Waals surface area contributed by atoms with E-state index in [2.05, 4.69) is 25.4 Å². The van der Waals surface area contributed by atoms with E-state index in [0.717, 1.165) is 25.2 Å². The second kappa shape index (κ2) is 7.88. The van der Waals surface area contributed by atoms with E-state index in [1.54, 1.807) is 6.92 Å². The van der Waals surface area contributed by atoms with Gasteiger partial charge in [-0.25, -0.2) is 4.98 Å². The fourth-order valence-electron chi connectivity index (χ4n) is 3.33. The summed E-state index contributed by atoms with van der Waals surface area (Å²) in [4.78, 5) is 6.43. The zero-order valence-corrected chi connectivity index (χ0v) is 15.5. The SMILES string of the molecule is CCN1C[C@@H](O)C[C@@H](Nc2nnc(-c3ccc(C(F)(F)F)cc3O)c(C)n2)C1. The largest absolute Gasteiger partial charge is 0.507 e. The summed E-state index contributed by atoms with van der Waals surface area (Å²) in [7, 11) is 0. The number of aryl methyl sites for hydroxylation is 1. The molecule has 28 heavy (non-hydrogen) atoms. The molecule has 3 rings (SSSR count). The highest BCUT2D eigenvalue weighted by Crippen LogP contribution is 2.36. The molecule has 0 aliphatic carbocycles. The number of β-amino-alcohol motifs (C(OH)–C–C–N with tert-alkyl or cyclic N) is 1. The van der Waals surface area contributed by atoms with Gasteiger partial charge < -0.3 is 15.5 Å². The molecule has 152 valence electrons. The van der Waals surface area contributed by atoms with Crippen molar-refractivity contribution < 1.29 is 23.4 Å². The third kappa shape index (κ3) is 4.50. The quantitative estimate of drug-likeness (QED) is 0.730. The number of piperidine rings is 1. The number of aliphatic hydroxyl groups is 1. The van der Waals surface area contributed by atoms with E-state index in [0.29, 0.717) is 24.7 Å². The molecule has 0 saturated carbocycles. The fraction of sp³-hybridized carbons (Fsp3) is 0.500. The Labute approximate surface area is 160 Å².